The highest BCUT2D eigenvalue weighted by Gasteiger charge is 2.35. The highest BCUT2D eigenvalue weighted by Crippen LogP contribution is 2.42. The molecule has 4 N–H and O–H groups in total. The largest absolute Gasteiger partial charge is 0.420 e. The second-order valence-electron chi connectivity index (χ2n) is 5.30. The van der Waals surface area contributed by atoms with Crippen LogP contribution in [-0.4, -0.2) is 15.2 Å². The van der Waals surface area contributed by atoms with Crippen molar-refractivity contribution in [2.24, 2.45) is 5.73 Å². The summed E-state index contributed by atoms with van der Waals surface area (Å²) >= 11 is 0. The number of rotatable bonds is 1. The lowest BCUT2D eigenvalue weighted by Gasteiger charge is -2.22. The van der Waals surface area contributed by atoms with Crippen molar-refractivity contribution in [3.8, 4) is 11.9 Å². The molecule has 0 fully saturated rings. The Bertz CT molecular complexity index is 923. The molecule has 1 aliphatic heterocycles. The first-order valence-electron chi connectivity index (χ1n) is 6.89. The van der Waals surface area contributed by atoms with Crippen LogP contribution in [-0.2, 0) is 0 Å². The van der Waals surface area contributed by atoms with Gasteiger partial charge in [0.2, 0.25) is 11.8 Å². The molecule has 6 nitrogen and oxygen atoms in total. The van der Waals surface area contributed by atoms with Gasteiger partial charge in [-0.2, -0.15) is 5.26 Å². The van der Waals surface area contributed by atoms with Crippen molar-refractivity contribution in [1.82, 2.24) is 15.2 Å². The van der Waals surface area contributed by atoms with Gasteiger partial charge in [-0.3, -0.25) is 5.10 Å². The summed E-state index contributed by atoms with van der Waals surface area (Å²) in [5.74, 6) is 0.225. The van der Waals surface area contributed by atoms with Crippen molar-refractivity contribution >= 4 is 10.9 Å². The minimum absolute atomic E-state index is 0.102. The lowest BCUT2D eigenvalue weighted by molar-refractivity contribution is 0.378. The molecule has 3 heterocycles. The summed E-state index contributed by atoms with van der Waals surface area (Å²) in [5.41, 5.74) is 9.91. The SMILES string of the molecule is Cc1[nH]nc2c1C(c1cc3ccccc3[nH]1)C(C#N)=C(N)O2. The van der Waals surface area contributed by atoms with Crippen LogP contribution in [0.15, 0.2) is 41.8 Å². The molecule has 0 spiro atoms. The Morgan fingerprint density at radius 1 is 1.36 bits per heavy atom. The number of benzene rings is 1. The number of fused-ring (bicyclic) bond motifs is 2. The Hall–Kier alpha value is -3.20. The summed E-state index contributed by atoms with van der Waals surface area (Å²) < 4.78 is 5.46. The summed E-state index contributed by atoms with van der Waals surface area (Å²) in [7, 11) is 0. The molecule has 108 valence electrons. The molecule has 2 aromatic heterocycles. The monoisotopic (exact) mass is 291 g/mol. The number of allylic oxidation sites excluding steroid dienone is 1. The standard InChI is InChI=1S/C16H13N5O/c1-8-13-14(10(7-17)15(18)22-16(13)21-20-8)12-6-9-4-2-3-5-11(9)19-12/h2-6,14,19H,18H2,1H3,(H,20,21). The maximum atomic E-state index is 9.51. The lowest BCUT2D eigenvalue weighted by Crippen LogP contribution is -2.21. The number of ether oxygens (including phenoxy) is 1. The quantitative estimate of drug-likeness (QED) is 0.640. The minimum Gasteiger partial charge on any atom is -0.420 e. The zero-order chi connectivity index (χ0) is 15.3. The smallest absolute Gasteiger partial charge is 0.244 e. The molecular weight excluding hydrogens is 278 g/mol. The Labute approximate surface area is 126 Å². The van der Waals surface area contributed by atoms with E-state index < -0.39 is 0 Å². The van der Waals surface area contributed by atoms with Crippen molar-refractivity contribution in [3.05, 3.63) is 58.7 Å². The van der Waals surface area contributed by atoms with E-state index in [-0.39, 0.29) is 11.8 Å². The number of hydrogen-bond acceptors (Lipinski definition) is 4. The van der Waals surface area contributed by atoms with E-state index in [2.05, 4.69) is 21.3 Å². The van der Waals surface area contributed by atoms with Crippen LogP contribution in [0.5, 0.6) is 5.88 Å². The second kappa shape index (κ2) is 4.40. The number of H-pyrrole nitrogens is 2. The van der Waals surface area contributed by atoms with Crippen LogP contribution in [0.4, 0.5) is 0 Å². The number of hydrogen-bond donors (Lipinski definition) is 3. The summed E-state index contributed by atoms with van der Waals surface area (Å²) in [4.78, 5) is 3.37. The average molecular weight is 291 g/mol. The van der Waals surface area contributed by atoms with Crippen LogP contribution >= 0.6 is 0 Å². The van der Waals surface area contributed by atoms with Gasteiger partial charge >= 0.3 is 0 Å². The molecular formula is C16H13N5O. The van der Waals surface area contributed by atoms with Crippen molar-refractivity contribution in [3.63, 3.8) is 0 Å². The molecule has 0 bridgehead atoms. The molecule has 3 aromatic rings. The van der Waals surface area contributed by atoms with E-state index in [4.69, 9.17) is 10.5 Å². The lowest BCUT2D eigenvalue weighted by atomic mass is 9.87. The average Bonchev–Trinajstić information content (AvgIpc) is 3.10. The van der Waals surface area contributed by atoms with E-state index in [1.807, 2.05) is 37.3 Å². The Kier molecular flexibility index (Phi) is 2.51. The minimum atomic E-state index is -0.306. The molecule has 0 saturated heterocycles. The molecule has 1 aliphatic rings. The van der Waals surface area contributed by atoms with Gasteiger partial charge < -0.3 is 15.5 Å². The van der Waals surface area contributed by atoms with Crippen LogP contribution < -0.4 is 10.5 Å². The van der Waals surface area contributed by atoms with Gasteiger partial charge in [-0.25, -0.2) is 0 Å². The van der Waals surface area contributed by atoms with Crippen LogP contribution in [0.1, 0.15) is 22.9 Å². The molecule has 22 heavy (non-hydrogen) atoms. The van der Waals surface area contributed by atoms with E-state index in [1.165, 1.54) is 0 Å². The van der Waals surface area contributed by atoms with Crippen LogP contribution in [0.2, 0.25) is 0 Å². The molecule has 0 saturated carbocycles. The first kappa shape index (κ1) is 12.5. The van der Waals surface area contributed by atoms with E-state index in [0.717, 1.165) is 27.9 Å². The number of nitrogens with two attached hydrogens (primary N) is 1. The van der Waals surface area contributed by atoms with Crippen molar-refractivity contribution in [1.29, 1.82) is 5.26 Å². The Balaban J connectivity index is 1.98. The maximum Gasteiger partial charge on any atom is 0.244 e. The fourth-order valence-corrected chi connectivity index (χ4v) is 2.96. The number of nitriles is 1. The summed E-state index contributed by atoms with van der Waals surface area (Å²) in [6, 6.07) is 12.2. The van der Waals surface area contributed by atoms with Gasteiger partial charge in [0.05, 0.1) is 11.5 Å². The Morgan fingerprint density at radius 2 is 2.18 bits per heavy atom. The zero-order valence-electron chi connectivity index (χ0n) is 11.8. The summed E-state index contributed by atoms with van der Waals surface area (Å²) in [5, 5.41) is 17.6. The number of nitrogens with one attached hydrogen (secondary N) is 2. The van der Waals surface area contributed by atoms with Gasteiger partial charge in [0.1, 0.15) is 11.6 Å². The molecule has 1 atom stereocenters. The highest BCUT2D eigenvalue weighted by molar-refractivity contribution is 5.81. The van der Waals surface area contributed by atoms with E-state index >= 15 is 0 Å². The van der Waals surface area contributed by atoms with E-state index in [9.17, 15) is 5.26 Å². The zero-order valence-corrected chi connectivity index (χ0v) is 11.8. The first-order chi connectivity index (χ1) is 10.7. The normalized spacial score (nSPS) is 17.2. The van der Waals surface area contributed by atoms with Crippen molar-refractivity contribution in [2.75, 3.05) is 0 Å². The fraction of sp³-hybridized carbons (Fsp3) is 0.125. The van der Waals surface area contributed by atoms with Gasteiger partial charge in [0.25, 0.3) is 0 Å². The van der Waals surface area contributed by atoms with Crippen molar-refractivity contribution < 1.29 is 4.74 Å². The van der Waals surface area contributed by atoms with E-state index in [0.29, 0.717) is 11.5 Å². The number of aromatic amines is 2. The third-order valence-electron chi connectivity index (χ3n) is 3.99. The summed E-state index contributed by atoms with van der Waals surface area (Å²) in [6.07, 6.45) is 0. The molecule has 0 amide bonds. The Morgan fingerprint density at radius 3 is 2.95 bits per heavy atom. The predicted molar refractivity (Wildman–Crippen MR) is 80.9 cm³/mol. The number of aryl methyl sites for hydroxylation is 1. The van der Waals surface area contributed by atoms with Gasteiger partial charge in [0, 0.05) is 16.9 Å². The third kappa shape index (κ3) is 1.63. The number of para-hydroxylation sites is 1. The van der Waals surface area contributed by atoms with Crippen molar-refractivity contribution in [2.45, 2.75) is 12.8 Å². The van der Waals surface area contributed by atoms with Gasteiger partial charge in [-0.05, 0) is 24.4 Å². The third-order valence-corrected chi connectivity index (χ3v) is 3.99. The van der Waals surface area contributed by atoms with Crippen LogP contribution in [0, 0.1) is 18.3 Å². The van der Waals surface area contributed by atoms with Gasteiger partial charge in [-0.15, -0.1) is 5.10 Å². The number of aromatic nitrogens is 3. The molecule has 0 radical (unpaired) electrons. The summed E-state index contributed by atoms with van der Waals surface area (Å²) in [6.45, 7) is 1.90. The maximum absolute atomic E-state index is 9.51. The molecule has 1 aromatic carbocycles. The molecule has 4 rings (SSSR count). The van der Waals surface area contributed by atoms with Gasteiger partial charge in [0.15, 0.2) is 0 Å². The first-order valence-corrected chi connectivity index (χ1v) is 6.89. The second-order valence-corrected chi connectivity index (χ2v) is 5.30. The molecule has 0 aliphatic carbocycles. The molecule has 1 unspecified atom stereocenters. The predicted octanol–water partition coefficient (Wildman–Crippen LogP) is 2.42. The number of nitrogens with zero attached hydrogens (tertiary/aromatic N) is 2. The van der Waals surface area contributed by atoms with Gasteiger partial charge in [-0.1, -0.05) is 18.2 Å². The molecule has 6 heteroatoms. The van der Waals surface area contributed by atoms with E-state index in [1.54, 1.807) is 0 Å². The highest BCUT2D eigenvalue weighted by atomic mass is 16.5. The van der Waals surface area contributed by atoms with Crippen LogP contribution in [0.3, 0.4) is 0 Å². The van der Waals surface area contributed by atoms with Crippen LogP contribution in [0.25, 0.3) is 10.9 Å². The topological polar surface area (TPSA) is 104 Å². The fourth-order valence-electron chi connectivity index (χ4n) is 2.96.